The van der Waals surface area contributed by atoms with Crippen LogP contribution in [0.2, 0.25) is 5.02 Å². The molecule has 0 heterocycles. The molecule has 5 nitrogen and oxygen atoms in total. The van der Waals surface area contributed by atoms with E-state index in [-0.39, 0.29) is 23.7 Å². The Balaban J connectivity index is 2.60. The highest BCUT2D eigenvalue weighted by molar-refractivity contribution is 7.88. The average Bonchev–Trinajstić information content (AvgIpc) is 2.44. The average molecular weight is 365 g/mol. The quantitative estimate of drug-likeness (QED) is 0.685. The van der Waals surface area contributed by atoms with E-state index in [4.69, 9.17) is 11.6 Å². The van der Waals surface area contributed by atoms with Crippen molar-refractivity contribution in [1.82, 2.24) is 9.62 Å². The van der Waals surface area contributed by atoms with E-state index < -0.39 is 21.7 Å². The van der Waals surface area contributed by atoms with Crippen LogP contribution in [0.25, 0.3) is 0 Å². The maximum absolute atomic E-state index is 13.6. The number of sulfonamides is 1. The molecule has 0 aromatic heterocycles. The molecule has 0 fully saturated rings. The van der Waals surface area contributed by atoms with Crippen molar-refractivity contribution in [2.45, 2.75) is 26.2 Å². The molecule has 1 amide bonds. The molecule has 1 N–H and O–H groups in total. The van der Waals surface area contributed by atoms with E-state index in [2.05, 4.69) is 5.32 Å². The molecule has 1 aromatic rings. The summed E-state index contributed by atoms with van der Waals surface area (Å²) < 4.78 is 38.4. The molecule has 0 saturated heterocycles. The summed E-state index contributed by atoms with van der Waals surface area (Å²) in [7, 11) is -3.34. The van der Waals surface area contributed by atoms with E-state index in [9.17, 15) is 17.6 Å². The fourth-order valence-corrected chi connectivity index (χ4v) is 3.21. The third-order valence-electron chi connectivity index (χ3n) is 3.32. The molecule has 0 radical (unpaired) electrons. The molecule has 0 saturated carbocycles. The van der Waals surface area contributed by atoms with E-state index in [1.165, 1.54) is 16.4 Å². The molecule has 0 atom stereocenters. The lowest BCUT2D eigenvalue weighted by Gasteiger charge is -2.20. The molecule has 1 rings (SSSR count). The predicted octanol–water partition coefficient (Wildman–Crippen LogP) is 2.66. The fraction of sp³-hybridized carbons (Fsp3) is 0.533. The van der Waals surface area contributed by atoms with Crippen LogP contribution in [0.3, 0.4) is 0 Å². The number of carbonyl (C=O) groups is 1. The van der Waals surface area contributed by atoms with Crippen molar-refractivity contribution in [3.8, 4) is 0 Å². The number of halogens is 2. The van der Waals surface area contributed by atoms with Gasteiger partial charge in [0.1, 0.15) is 5.82 Å². The van der Waals surface area contributed by atoms with Crippen LogP contribution in [0.1, 0.15) is 36.5 Å². The molecule has 0 aliphatic heterocycles. The van der Waals surface area contributed by atoms with Crippen LogP contribution in [-0.4, -0.2) is 44.5 Å². The van der Waals surface area contributed by atoms with Crippen LogP contribution < -0.4 is 5.32 Å². The van der Waals surface area contributed by atoms with Gasteiger partial charge >= 0.3 is 0 Å². The van der Waals surface area contributed by atoms with Crippen LogP contribution in [0.5, 0.6) is 0 Å². The van der Waals surface area contributed by atoms with Gasteiger partial charge in [0.05, 0.1) is 16.8 Å². The molecular formula is C15H22ClFN2O3S. The van der Waals surface area contributed by atoms with Crippen LogP contribution in [0.15, 0.2) is 18.2 Å². The minimum absolute atomic E-state index is 0.0189. The largest absolute Gasteiger partial charge is 0.351 e. The Morgan fingerprint density at radius 1 is 1.30 bits per heavy atom. The maximum Gasteiger partial charge on any atom is 0.255 e. The first-order chi connectivity index (χ1) is 10.8. The van der Waals surface area contributed by atoms with Crippen LogP contribution in [0.4, 0.5) is 4.39 Å². The summed E-state index contributed by atoms with van der Waals surface area (Å²) in [6.45, 7) is 2.66. The number of unbranched alkanes of at least 4 members (excludes halogenated alkanes) is 2. The number of nitrogens with zero attached hydrogens (tertiary/aromatic N) is 1. The van der Waals surface area contributed by atoms with Gasteiger partial charge in [0.2, 0.25) is 10.0 Å². The van der Waals surface area contributed by atoms with Gasteiger partial charge in [-0.1, -0.05) is 37.4 Å². The molecule has 130 valence electrons. The highest BCUT2D eigenvalue weighted by atomic mass is 35.5. The third-order valence-corrected chi connectivity index (χ3v) is 4.93. The summed E-state index contributed by atoms with van der Waals surface area (Å²) >= 11 is 5.82. The molecule has 1 aromatic carbocycles. The predicted molar refractivity (Wildman–Crippen MR) is 89.7 cm³/mol. The Morgan fingerprint density at radius 2 is 2.00 bits per heavy atom. The zero-order valence-electron chi connectivity index (χ0n) is 13.3. The van der Waals surface area contributed by atoms with Gasteiger partial charge < -0.3 is 5.32 Å². The molecule has 0 aliphatic rings. The second kappa shape index (κ2) is 9.20. The van der Waals surface area contributed by atoms with Crippen molar-refractivity contribution < 1.29 is 17.6 Å². The van der Waals surface area contributed by atoms with E-state index in [0.29, 0.717) is 6.54 Å². The highest BCUT2D eigenvalue weighted by Crippen LogP contribution is 2.18. The monoisotopic (exact) mass is 364 g/mol. The minimum Gasteiger partial charge on any atom is -0.351 e. The summed E-state index contributed by atoms with van der Waals surface area (Å²) in [5.41, 5.74) is -0.231. The molecule has 23 heavy (non-hydrogen) atoms. The fourth-order valence-electron chi connectivity index (χ4n) is 2.08. The molecular weight excluding hydrogens is 343 g/mol. The SMILES string of the molecule is CCCCCN(CCNC(=O)c1c(F)cccc1Cl)S(C)(=O)=O. The van der Waals surface area contributed by atoms with Gasteiger partial charge in [0.25, 0.3) is 5.91 Å². The highest BCUT2D eigenvalue weighted by Gasteiger charge is 2.18. The van der Waals surface area contributed by atoms with E-state index in [1.807, 2.05) is 6.92 Å². The van der Waals surface area contributed by atoms with E-state index >= 15 is 0 Å². The zero-order valence-corrected chi connectivity index (χ0v) is 14.9. The second-order valence-electron chi connectivity index (χ2n) is 5.22. The van der Waals surface area contributed by atoms with Gasteiger partial charge in [0, 0.05) is 19.6 Å². The minimum atomic E-state index is -3.34. The molecule has 0 aliphatic carbocycles. The van der Waals surface area contributed by atoms with E-state index in [1.54, 1.807) is 0 Å². The number of benzene rings is 1. The summed E-state index contributed by atoms with van der Waals surface area (Å²) in [5.74, 6) is -1.37. The number of amides is 1. The van der Waals surface area contributed by atoms with Gasteiger partial charge in [-0.25, -0.2) is 17.1 Å². The first-order valence-corrected chi connectivity index (χ1v) is 9.67. The number of rotatable bonds is 9. The number of carbonyl (C=O) groups excluding carboxylic acids is 1. The Labute approximate surface area is 141 Å². The Hall–Kier alpha value is -1.18. The summed E-state index contributed by atoms with van der Waals surface area (Å²) in [6, 6.07) is 3.98. The van der Waals surface area contributed by atoms with Crippen LogP contribution in [0, 0.1) is 5.82 Å². The first-order valence-electron chi connectivity index (χ1n) is 7.44. The lowest BCUT2D eigenvalue weighted by Crippen LogP contribution is -2.38. The third kappa shape index (κ3) is 6.45. The molecule has 0 spiro atoms. The summed E-state index contributed by atoms with van der Waals surface area (Å²) in [5, 5.41) is 2.52. The van der Waals surface area contributed by atoms with Gasteiger partial charge in [0.15, 0.2) is 0 Å². The number of hydrogen-bond acceptors (Lipinski definition) is 3. The topological polar surface area (TPSA) is 66.5 Å². The first kappa shape index (κ1) is 19.9. The van der Waals surface area contributed by atoms with Crippen molar-refractivity contribution in [1.29, 1.82) is 0 Å². The zero-order chi connectivity index (χ0) is 17.5. The van der Waals surface area contributed by atoms with Crippen molar-refractivity contribution in [3.05, 3.63) is 34.6 Å². The lowest BCUT2D eigenvalue weighted by molar-refractivity contribution is 0.0947. The Kier molecular flexibility index (Phi) is 7.94. The standard InChI is InChI=1S/C15H22ClFN2O3S/c1-3-4-5-10-19(23(2,21)22)11-9-18-15(20)14-12(16)7-6-8-13(14)17/h6-8H,3-5,9-11H2,1-2H3,(H,18,20). The Morgan fingerprint density at radius 3 is 2.57 bits per heavy atom. The molecule has 8 heteroatoms. The van der Waals surface area contributed by atoms with Crippen molar-refractivity contribution in [2.24, 2.45) is 0 Å². The van der Waals surface area contributed by atoms with Crippen molar-refractivity contribution in [2.75, 3.05) is 25.9 Å². The van der Waals surface area contributed by atoms with Gasteiger partial charge in [-0.3, -0.25) is 4.79 Å². The summed E-state index contributed by atoms with van der Waals surface area (Å²) in [4.78, 5) is 12.0. The van der Waals surface area contributed by atoms with Crippen LogP contribution >= 0.6 is 11.6 Å². The summed E-state index contributed by atoms with van der Waals surface area (Å²) in [6.07, 6.45) is 3.81. The normalized spacial score (nSPS) is 11.7. The van der Waals surface area contributed by atoms with E-state index in [0.717, 1.165) is 31.6 Å². The van der Waals surface area contributed by atoms with Crippen molar-refractivity contribution >= 4 is 27.5 Å². The lowest BCUT2D eigenvalue weighted by atomic mass is 10.2. The molecule has 0 unspecified atom stereocenters. The van der Waals surface area contributed by atoms with Gasteiger partial charge in [-0.15, -0.1) is 0 Å². The molecule has 0 bridgehead atoms. The van der Waals surface area contributed by atoms with Crippen LogP contribution in [-0.2, 0) is 10.0 Å². The van der Waals surface area contributed by atoms with Crippen molar-refractivity contribution in [3.63, 3.8) is 0 Å². The smallest absolute Gasteiger partial charge is 0.255 e. The second-order valence-corrected chi connectivity index (χ2v) is 7.61. The van der Waals surface area contributed by atoms with Gasteiger partial charge in [-0.2, -0.15) is 0 Å². The maximum atomic E-state index is 13.6. The number of nitrogens with one attached hydrogen (secondary N) is 1. The number of hydrogen-bond donors (Lipinski definition) is 1. The Bertz CT molecular complexity index is 617. The van der Waals surface area contributed by atoms with Gasteiger partial charge in [-0.05, 0) is 18.6 Å².